The molecule has 0 aromatic carbocycles. The highest BCUT2D eigenvalue weighted by atomic mass is 32.1. The van der Waals surface area contributed by atoms with E-state index < -0.39 is 0 Å². The van der Waals surface area contributed by atoms with Gasteiger partial charge in [-0.2, -0.15) is 0 Å². The summed E-state index contributed by atoms with van der Waals surface area (Å²) in [6, 6.07) is 9.44. The second-order valence-electron chi connectivity index (χ2n) is 5.84. The monoisotopic (exact) mass is 396 g/mol. The van der Waals surface area contributed by atoms with Gasteiger partial charge in [-0.15, -0.1) is 22.7 Å². The fourth-order valence-corrected chi connectivity index (χ4v) is 4.20. The number of hydrogen-bond donors (Lipinski definition) is 1. The molecule has 27 heavy (non-hydrogen) atoms. The number of aromatic nitrogens is 3. The minimum absolute atomic E-state index is 0.249. The van der Waals surface area contributed by atoms with E-state index in [4.69, 9.17) is 4.52 Å². The lowest BCUT2D eigenvalue weighted by Crippen LogP contribution is -2.25. The van der Waals surface area contributed by atoms with Gasteiger partial charge in [0.15, 0.2) is 11.5 Å². The molecule has 6 nitrogen and oxygen atoms in total. The molecule has 4 aromatic rings. The van der Waals surface area contributed by atoms with Crippen LogP contribution in [0.2, 0.25) is 0 Å². The summed E-state index contributed by atoms with van der Waals surface area (Å²) < 4.78 is 5.24. The molecule has 0 bridgehead atoms. The zero-order valence-corrected chi connectivity index (χ0v) is 16.1. The summed E-state index contributed by atoms with van der Waals surface area (Å²) in [7, 11) is 0. The number of nitrogens with one attached hydrogen (secondary N) is 1. The lowest BCUT2D eigenvalue weighted by Gasteiger charge is -2.00. The average Bonchev–Trinajstić information content (AvgIpc) is 3.43. The summed E-state index contributed by atoms with van der Waals surface area (Å²) >= 11 is 3.35. The van der Waals surface area contributed by atoms with Gasteiger partial charge >= 0.3 is 0 Å². The predicted molar refractivity (Wildman–Crippen MR) is 106 cm³/mol. The lowest BCUT2D eigenvalue weighted by molar-refractivity contribution is 0.0945. The van der Waals surface area contributed by atoms with Gasteiger partial charge in [0, 0.05) is 40.8 Å². The van der Waals surface area contributed by atoms with Crippen LogP contribution in [0.1, 0.15) is 20.4 Å². The van der Waals surface area contributed by atoms with Crippen molar-refractivity contribution in [1.82, 2.24) is 20.4 Å². The fourth-order valence-electron chi connectivity index (χ4n) is 2.54. The van der Waals surface area contributed by atoms with Crippen LogP contribution in [-0.2, 0) is 6.42 Å². The number of carbonyl (C=O) groups is 1. The largest absolute Gasteiger partial charge is 0.355 e. The van der Waals surface area contributed by atoms with Gasteiger partial charge in [-0.3, -0.25) is 9.78 Å². The van der Waals surface area contributed by atoms with Gasteiger partial charge in [0.2, 0.25) is 0 Å². The molecule has 0 unspecified atom stereocenters. The molecule has 0 radical (unpaired) electrons. The van der Waals surface area contributed by atoms with Crippen molar-refractivity contribution < 1.29 is 9.32 Å². The lowest BCUT2D eigenvalue weighted by atomic mass is 10.2. The SMILES string of the molecule is Cc1nc(-c2ccc(CCNC(=O)c3cc(-c4cccnc4)on3)s2)cs1. The summed E-state index contributed by atoms with van der Waals surface area (Å²) in [5.74, 6) is 0.274. The van der Waals surface area contributed by atoms with Gasteiger partial charge in [-0.25, -0.2) is 4.98 Å². The molecule has 1 amide bonds. The second kappa shape index (κ2) is 7.81. The fraction of sp³-hybridized carbons (Fsp3) is 0.158. The van der Waals surface area contributed by atoms with Crippen molar-refractivity contribution in [1.29, 1.82) is 0 Å². The Balaban J connectivity index is 1.32. The molecule has 0 atom stereocenters. The van der Waals surface area contributed by atoms with Crippen LogP contribution >= 0.6 is 22.7 Å². The van der Waals surface area contributed by atoms with Crippen molar-refractivity contribution in [3.05, 3.63) is 63.7 Å². The van der Waals surface area contributed by atoms with Gasteiger partial charge in [-0.1, -0.05) is 5.16 Å². The summed E-state index contributed by atoms with van der Waals surface area (Å²) in [6.45, 7) is 2.53. The Kier molecular flexibility index (Phi) is 5.08. The molecule has 0 aliphatic rings. The summed E-state index contributed by atoms with van der Waals surface area (Å²) in [4.78, 5) is 23.1. The van der Waals surface area contributed by atoms with E-state index in [0.717, 1.165) is 27.6 Å². The van der Waals surface area contributed by atoms with Crippen molar-refractivity contribution >= 4 is 28.6 Å². The molecule has 136 valence electrons. The zero-order valence-electron chi connectivity index (χ0n) is 14.5. The summed E-state index contributed by atoms with van der Waals surface area (Å²) in [6.07, 6.45) is 4.10. The van der Waals surface area contributed by atoms with E-state index in [-0.39, 0.29) is 11.6 Å². The third kappa shape index (κ3) is 4.12. The van der Waals surface area contributed by atoms with Crippen LogP contribution in [0.5, 0.6) is 0 Å². The summed E-state index contributed by atoms with van der Waals surface area (Å²) in [5.41, 5.74) is 2.06. The van der Waals surface area contributed by atoms with E-state index in [2.05, 4.69) is 38.0 Å². The van der Waals surface area contributed by atoms with Crippen molar-refractivity contribution in [3.8, 4) is 21.9 Å². The average molecular weight is 396 g/mol. The number of thiazole rings is 1. The standard InChI is InChI=1S/C19H16N4O2S2/c1-12-22-16(11-26-12)18-5-4-14(27-18)6-8-21-19(24)15-9-17(25-23-15)13-3-2-7-20-10-13/h2-5,7,9-11H,6,8H2,1H3,(H,21,24). The molecule has 1 N–H and O–H groups in total. The van der Waals surface area contributed by atoms with E-state index in [1.54, 1.807) is 47.2 Å². The summed E-state index contributed by atoms with van der Waals surface area (Å²) in [5, 5.41) is 9.85. The van der Waals surface area contributed by atoms with Crippen LogP contribution in [0, 0.1) is 6.92 Å². The molecular weight excluding hydrogens is 380 g/mol. The molecule has 0 saturated heterocycles. The third-order valence-corrected chi connectivity index (χ3v) is 5.82. The van der Waals surface area contributed by atoms with Crippen LogP contribution in [0.3, 0.4) is 0 Å². The Labute approximate surface area is 163 Å². The number of rotatable bonds is 6. The highest BCUT2D eigenvalue weighted by Gasteiger charge is 2.13. The number of carbonyl (C=O) groups excluding carboxylic acids is 1. The number of amides is 1. The Bertz CT molecular complexity index is 1050. The topological polar surface area (TPSA) is 80.9 Å². The highest BCUT2D eigenvalue weighted by Crippen LogP contribution is 2.29. The first kappa shape index (κ1) is 17.6. The van der Waals surface area contributed by atoms with Gasteiger partial charge < -0.3 is 9.84 Å². The second-order valence-corrected chi connectivity index (χ2v) is 8.07. The van der Waals surface area contributed by atoms with E-state index >= 15 is 0 Å². The molecule has 4 aromatic heterocycles. The maximum atomic E-state index is 12.3. The van der Waals surface area contributed by atoms with E-state index in [0.29, 0.717) is 12.3 Å². The quantitative estimate of drug-likeness (QED) is 0.528. The molecular formula is C19H16N4O2S2. The molecule has 0 spiro atoms. The third-order valence-electron chi connectivity index (χ3n) is 3.88. The molecule has 4 rings (SSSR count). The Morgan fingerprint density at radius 1 is 1.30 bits per heavy atom. The minimum atomic E-state index is -0.249. The van der Waals surface area contributed by atoms with Crippen LogP contribution in [0.15, 0.2) is 52.6 Å². The van der Waals surface area contributed by atoms with Crippen LogP contribution < -0.4 is 5.32 Å². The number of aryl methyl sites for hydroxylation is 1. The number of pyridine rings is 1. The number of nitrogens with zero attached hydrogens (tertiary/aromatic N) is 3. The maximum absolute atomic E-state index is 12.3. The van der Waals surface area contributed by atoms with Crippen molar-refractivity contribution in [2.45, 2.75) is 13.3 Å². The van der Waals surface area contributed by atoms with Gasteiger partial charge in [0.1, 0.15) is 0 Å². The predicted octanol–water partition coefficient (Wildman–Crippen LogP) is 4.20. The van der Waals surface area contributed by atoms with Crippen molar-refractivity contribution in [2.75, 3.05) is 6.54 Å². The zero-order chi connectivity index (χ0) is 18.6. The molecule has 4 heterocycles. The molecule has 8 heteroatoms. The van der Waals surface area contributed by atoms with Gasteiger partial charge in [0.25, 0.3) is 5.91 Å². The van der Waals surface area contributed by atoms with Crippen LogP contribution in [0.25, 0.3) is 21.9 Å². The first-order valence-electron chi connectivity index (χ1n) is 8.35. The molecule has 0 aliphatic carbocycles. The minimum Gasteiger partial charge on any atom is -0.355 e. The Hall–Kier alpha value is -2.84. The normalized spacial score (nSPS) is 10.9. The molecule has 0 saturated carbocycles. The smallest absolute Gasteiger partial charge is 0.273 e. The van der Waals surface area contributed by atoms with Crippen molar-refractivity contribution in [2.24, 2.45) is 0 Å². The van der Waals surface area contributed by atoms with Gasteiger partial charge in [-0.05, 0) is 37.6 Å². The maximum Gasteiger partial charge on any atom is 0.273 e. The Morgan fingerprint density at radius 2 is 2.22 bits per heavy atom. The number of thiophene rings is 1. The van der Waals surface area contributed by atoms with Crippen molar-refractivity contribution in [3.63, 3.8) is 0 Å². The molecule has 0 aliphatic heterocycles. The van der Waals surface area contributed by atoms with E-state index in [9.17, 15) is 4.79 Å². The number of hydrogen-bond acceptors (Lipinski definition) is 7. The first-order valence-corrected chi connectivity index (χ1v) is 10.1. The van der Waals surface area contributed by atoms with E-state index in [1.165, 1.54) is 4.88 Å². The van der Waals surface area contributed by atoms with E-state index in [1.807, 2.05) is 13.0 Å². The molecule has 0 fully saturated rings. The van der Waals surface area contributed by atoms with Crippen LogP contribution in [0.4, 0.5) is 0 Å². The van der Waals surface area contributed by atoms with Crippen LogP contribution in [-0.4, -0.2) is 27.6 Å². The Morgan fingerprint density at radius 3 is 3.00 bits per heavy atom. The van der Waals surface area contributed by atoms with Gasteiger partial charge in [0.05, 0.1) is 15.6 Å². The first-order chi connectivity index (χ1) is 13.2. The highest BCUT2D eigenvalue weighted by molar-refractivity contribution is 7.16.